The lowest BCUT2D eigenvalue weighted by atomic mass is 10.1. The van der Waals surface area contributed by atoms with E-state index in [1.165, 1.54) is 18.3 Å². The topological polar surface area (TPSA) is 86.7 Å². The Hall–Kier alpha value is -2.71. The zero-order chi connectivity index (χ0) is 19.1. The first kappa shape index (κ1) is 19.1. The highest BCUT2D eigenvalue weighted by molar-refractivity contribution is 5.90. The van der Waals surface area contributed by atoms with E-state index in [9.17, 15) is 14.3 Å². The summed E-state index contributed by atoms with van der Waals surface area (Å²) in [5.41, 5.74) is 0.347. The number of anilines is 1. The fourth-order valence-corrected chi connectivity index (χ4v) is 2.84. The molecule has 8 heteroatoms. The van der Waals surface area contributed by atoms with Gasteiger partial charge >= 0.3 is 6.03 Å². The van der Waals surface area contributed by atoms with Crippen molar-refractivity contribution < 1.29 is 19.0 Å². The third-order valence-electron chi connectivity index (χ3n) is 4.33. The molecule has 3 rings (SSSR count). The van der Waals surface area contributed by atoms with Crippen molar-refractivity contribution >= 4 is 11.7 Å². The second kappa shape index (κ2) is 9.29. The number of hydrogen-bond acceptors (Lipinski definition) is 5. The number of pyridine rings is 1. The number of nitrogens with one attached hydrogen (secondary N) is 2. The number of aliphatic hydroxyl groups excluding tert-OH is 1. The highest BCUT2D eigenvalue weighted by Crippen LogP contribution is 2.28. The van der Waals surface area contributed by atoms with Gasteiger partial charge in [-0.1, -0.05) is 12.1 Å². The summed E-state index contributed by atoms with van der Waals surface area (Å²) in [4.78, 5) is 18.4. The smallest absolute Gasteiger partial charge is 0.319 e. The van der Waals surface area contributed by atoms with E-state index in [4.69, 9.17) is 4.74 Å². The van der Waals surface area contributed by atoms with Gasteiger partial charge in [0.1, 0.15) is 5.69 Å². The van der Waals surface area contributed by atoms with Crippen molar-refractivity contribution in [2.45, 2.75) is 18.9 Å². The summed E-state index contributed by atoms with van der Waals surface area (Å²) < 4.78 is 19.3. The Morgan fingerprint density at radius 1 is 1.26 bits per heavy atom. The number of hydrogen-bond donors (Lipinski definition) is 3. The number of ether oxygens (including phenoxy) is 1. The second-order valence-electron chi connectivity index (χ2n) is 6.34. The third kappa shape index (κ3) is 5.63. The van der Waals surface area contributed by atoms with E-state index < -0.39 is 11.8 Å². The van der Waals surface area contributed by atoms with Crippen LogP contribution in [0.2, 0.25) is 0 Å². The molecule has 144 valence electrons. The van der Waals surface area contributed by atoms with Gasteiger partial charge in [-0.15, -0.1) is 0 Å². The SMILES string of the molecule is O=C(NCCN1CCC(O)CC1)Nc1cccnc1Oc1ccccc1F. The molecule has 1 saturated heterocycles. The van der Waals surface area contributed by atoms with Gasteiger partial charge in [0.15, 0.2) is 11.6 Å². The maximum atomic E-state index is 13.8. The van der Waals surface area contributed by atoms with Crippen LogP contribution in [0.1, 0.15) is 12.8 Å². The molecule has 3 N–H and O–H groups in total. The van der Waals surface area contributed by atoms with Crippen LogP contribution in [0.25, 0.3) is 0 Å². The Kier molecular flexibility index (Phi) is 6.56. The lowest BCUT2D eigenvalue weighted by Crippen LogP contribution is -2.41. The number of halogens is 1. The first-order valence-electron chi connectivity index (χ1n) is 8.94. The van der Waals surface area contributed by atoms with Crippen molar-refractivity contribution in [3.8, 4) is 11.6 Å². The lowest BCUT2D eigenvalue weighted by Gasteiger charge is -2.29. The van der Waals surface area contributed by atoms with Crippen molar-refractivity contribution in [3.05, 3.63) is 48.4 Å². The van der Waals surface area contributed by atoms with Crippen LogP contribution in [-0.4, -0.2) is 53.3 Å². The number of piperidine rings is 1. The van der Waals surface area contributed by atoms with E-state index >= 15 is 0 Å². The van der Waals surface area contributed by atoms with Crippen molar-refractivity contribution in [3.63, 3.8) is 0 Å². The summed E-state index contributed by atoms with van der Waals surface area (Å²) in [6, 6.07) is 8.90. The van der Waals surface area contributed by atoms with E-state index in [1.54, 1.807) is 24.3 Å². The standard InChI is InChI=1S/C19H23FN4O3/c20-15-4-1-2-6-17(15)27-18-16(5-3-9-21-18)23-19(26)22-10-13-24-11-7-14(25)8-12-24/h1-6,9,14,25H,7-8,10-13H2,(H2,22,23,26). The summed E-state index contributed by atoms with van der Waals surface area (Å²) in [6.07, 6.45) is 2.82. The molecular formula is C19H23FN4O3. The maximum absolute atomic E-state index is 13.8. The minimum absolute atomic E-state index is 0.0342. The maximum Gasteiger partial charge on any atom is 0.319 e. The molecule has 1 aromatic carbocycles. The number of para-hydroxylation sites is 1. The molecule has 1 aromatic heterocycles. The molecule has 0 bridgehead atoms. The Morgan fingerprint density at radius 3 is 2.81 bits per heavy atom. The van der Waals surface area contributed by atoms with E-state index in [0.717, 1.165) is 25.9 Å². The van der Waals surface area contributed by atoms with Gasteiger partial charge in [-0.25, -0.2) is 14.2 Å². The van der Waals surface area contributed by atoms with Crippen LogP contribution >= 0.6 is 0 Å². The van der Waals surface area contributed by atoms with Gasteiger partial charge in [0.2, 0.25) is 5.88 Å². The number of nitrogens with zero attached hydrogens (tertiary/aromatic N) is 2. The summed E-state index contributed by atoms with van der Waals surface area (Å²) >= 11 is 0. The molecule has 1 aliphatic heterocycles. The van der Waals surface area contributed by atoms with Crippen LogP contribution < -0.4 is 15.4 Å². The molecule has 2 aromatic rings. The van der Waals surface area contributed by atoms with Crippen molar-refractivity contribution in [1.82, 2.24) is 15.2 Å². The summed E-state index contributed by atoms with van der Waals surface area (Å²) in [5, 5.41) is 15.0. The van der Waals surface area contributed by atoms with Crippen LogP contribution in [0, 0.1) is 5.82 Å². The van der Waals surface area contributed by atoms with Gasteiger partial charge < -0.3 is 25.4 Å². The van der Waals surface area contributed by atoms with Gasteiger partial charge in [-0.2, -0.15) is 0 Å². The lowest BCUT2D eigenvalue weighted by molar-refractivity contribution is 0.0833. The summed E-state index contributed by atoms with van der Waals surface area (Å²) in [6.45, 7) is 2.85. The Bertz CT molecular complexity index is 766. The average molecular weight is 374 g/mol. The minimum atomic E-state index is -0.509. The number of carbonyl (C=O) groups excluding carboxylic acids is 1. The van der Waals surface area contributed by atoms with E-state index in [1.807, 2.05) is 0 Å². The largest absolute Gasteiger partial charge is 0.434 e. The zero-order valence-electron chi connectivity index (χ0n) is 14.9. The predicted molar refractivity (Wildman–Crippen MR) is 99.4 cm³/mol. The molecule has 2 heterocycles. The highest BCUT2D eigenvalue weighted by Gasteiger charge is 2.17. The second-order valence-corrected chi connectivity index (χ2v) is 6.34. The van der Waals surface area contributed by atoms with Gasteiger partial charge in [-0.05, 0) is 37.1 Å². The van der Waals surface area contributed by atoms with Crippen LogP contribution in [0.3, 0.4) is 0 Å². The molecule has 0 aliphatic carbocycles. The van der Waals surface area contributed by atoms with Gasteiger partial charge in [-0.3, -0.25) is 0 Å². The molecule has 0 atom stereocenters. The fraction of sp³-hybridized carbons (Fsp3) is 0.368. The van der Waals surface area contributed by atoms with Crippen LogP contribution in [-0.2, 0) is 0 Å². The fourth-order valence-electron chi connectivity index (χ4n) is 2.84. The summed E-state index contributed by atoms with van der Waals surface area (Å²) in [5.74, 6) is -0.361. The molecule has 0 spiro atoms. The van der Waals surface area contributed by atoms with E-state index in [-0.39, 0.29) is 17.7 Å². The number of benzene rings is 1. The molecule has 7 nitrogen and oxygen atoms in total. The Balaban J connectivity index is 1.51. The highest BCUT2D eigenvalue weighted by atomic mass is 19.1. The molecular weight excluding hydrogens is 351 g/mol. The molecule has 0 unspecified atom stereocenters. The normalized spacial score (nSPS) is 15.3. The molecule has 1 aliphatic rings. The predicted octanol–water partition coefficient (Wildman–Crippen LogP) is 2.59. The van der Waals surface area contributed by atoms with Crippen LogP contribution in [0.15, 0.2) is 42.6 Å². The Labute approximate surface area is 157 Å². The van der Waals surface area contributed by atoms with E-state index in [0.29, 0.717) is 18.8 Å². The molecule has 27 heavy (non-hydrogen) atoms. The molecule has 0 saturated carbocycles. The van der Waals surface area contributed by atoms with Crippen molar-refractivity contribution in [2.24, 2.45) is 0 Å². The number of amides is 2. The molecule has 1 fully saturated rings. The van der Waals surface area contributed by atoms with Crippen molar-refractivity contribution in [2.75, 3.05) is 31.5 Å². The molecule has 2 amide bonds. The van der Waals surface area contributed by atoms with Crippen LogP contribution in [0.4, 0.5) is 14.9 Å². The first-order valence-corrected chi connectivity index (χ1v) is 8.94. The summed E-state index contributed by atoms with van der Waals surface area (Å²) in [7, 11) is 0. The number of likely N-dealkylation sites (tertiary alicyclic amines) is 1. The number of aliphatic hydroxyl groups is 1. The van der Waals surface area contributed by atoms with E-state index in [2.05, 4.69) is 20.5 Å². The molecule has 0 radical (unpaired) electrons. The van der Waals surface area contributed by atoms with Gasteiger partial charge in [0.05, 0.1) is 6.10 Å². The Morgan fingerprint density at radius 2 is 2.04 bits per heavy atom. The van der Waals surface area contributed by atoms with Gasteiger partial charge in [0.25, 0.3) is 0 Å². The monoisotopic (exact) mass is 374 g/mol. The number of rotatable bonds is 6. The third-order valence-corrected chi connectivity index (χ3v) is 4.33. The average Bonchev–Trinajstić information content (AvgIpc) is 2.67. The number of carbonyl (C=O) groups is 1. The quantitative estimate of drug-likeness (QED) is 0.724. The van der Waals surface area contributed by atoms with Crippen molar-refractivity contribution in [1.29, 1.82) is 0 Å². The number of aromatic nitrogens is 1. The van der Waals surface area contributed by atoms with Crippen LogP contribution in [0.5, 0.6) is 11.6 Å². The van der Waals surface area contributed by atoms with Gasteiger partial charge in [0, 0.05) is 32.4 Å². The first-order chi connectivity index (χ1) is 13.1. The zero-order valence-corrected chi connectivity index (χ0v) is 14.9. The minimum Gasteiger partial charge on any atom is -0.434 e. The number of urea groups is 1.